The first kappa shape index (κ1) is 19.0. The Morgan fingerprint density at radius 3 is 2.44 bits per heavy atom. The van der Waals surface area contributed by atoms with Crippen molar-refractivity contribution in [3.8, 4) is 0 Å². The molecule has 0 saturated carbocycles. The zero-order valence-corrected chi connectivity index (χ0v) is 15.0. The number of nitrogens with one attached hydrogen (secondary N) is 2. The molecule has 1 atom stereocenters. The molecule has 2 aromatic rings. The number of rotatable bonds is 4. The number of amides is 2. The van der Waals surface area contributed by atoms with E-state index in [-0.39, 0.29) is 24.1 Å². The van der Waals surface area contributed by atoms with E-state index in [1.165, 1.54) is 0 Å². The average molecular weight is 379 g/mol. The minimum Gasteiger partial charge on any atom is -0.354 e. The third kappa shape index (κ3) is 3.99. The minimum atomic E-state index is -1.59. The Bertz CT molecular complexity index is 856. The fraction of sp³-hybridized carbons (Fsp3) is 0.368. The normalized spacial score (nSPS) is 16.8. The lowest BCUT2D eigenvalue weighted by molar-refractivity contribution is -0.119. The highest BCUT2D eigenvalue weighted by atomic mass is 19.2. The Labute approximate surface area is 154 Å². The van der Waals surface area contributed by atoms with Crippen molar-refractivity contribution >= 4 is 17.5 Å². The van der Waals surface area contributed by atoms with Crippen LogP contribution in [0.2, 0.25) is 0 Å². The van der Waals surface area contributed by atoms with E-state index in [1.54, 1.807) is 11.0 Å². The number of anilines is 1. The van der Waals surface area contributed by atoms with Gasteiger partial charge in [-0.3, -0.25) is 9.59 Å². The predicted molar refractivity (Wildman–Crippen MR) is 93.8 cm³/mol. The molecule has 3 rings (SSSR count). The Morgan fingerprint density at radius 1 is 1.19 bits per heavy atom. The summed E-state index contributed by atoms with van der Waals surface area (Å²) in [7, 11) is 0. The highest BCUT2D eigenvalue weighted by Gasteiger charge is 2.32. The number of hydrogen-bond acceptors (Lipinski definition) is 2. The molecular weight excluding hydrogens is 359 g/mol. The number of halogens is 3. The molecule has 1 aromatic carbocycles. The van der Waals surface area contributed by atoms with Gasteiger partial charge in [-0.25, -0.2) is 13.2 Å². The molecule has 0 unspecified atom stereocenters. The summed E-state index contributed by atoms with van der Waals surface area (Å²) < 4.78 is 39.5. The summed E-state index contributed by atoms with van der Waals surface area (Å²) in [6.07, 6.45) is 0.432. The van der Waals surface area contributed by atoms with Crippen LogP contribution in [-0.2, 0) is 4.79 Å². The Kier molecular flexibility index (Phi) is 5.25. The maximum absolute atomic E-state index is 13.3. The van der Waals surface area contributed by atoms with Gasteiger partial charge in [-0.05, 0) is 24.5 Å². The van der Waals surface area contributed by atoms with Gasteiger partial charge in [0.2, 0.25) is 5.91 Å². The monoisotopic (exact) mass is 379 g/mol. The number of aromatic nitrogens is 1. The molecule has 1 fully saturated rings. The molecule has 0 bridgehead atoms. The second-order valence-electron chi connectivity index (χ2n) is 6.96. The van der Waals surface area contributed by atoms with Gasteiger partial charge in [0.25, 0.3) is 5.91 Å². The SMILES string of the molecule is CC(C)c1ccc(C(=O)N2CC[C@H](C(=O)Nc3cc(F)c(F)c(F)c3)C2)[nH]1. The topological polar surface area (TPSA) is 65.2 Å². The molecule has 5 nitrogen and oxygen atoms in total. The Hall–Kier alpha value is -2.77. The van der Waals surface area contributed by atoms with Gasteiger partial charge in [-0.2, -0.15) is 0 Å². The first-order valence-electron chi connectivity index (χ1n) is 8.70. The first-order chi connectivity index (χ1) is 12.8. The van der Waals surface area contributed by atoms with Crippen LogP contribution in [0.25, 0.3) is 0 Å². The van der Waals surface area contributed by atoms with E-state index in [0.29, 0.717) is 18.7 Å². The van der Waals surface area contributed by atoms with Crippen molar-refractivity contribution in [2.75, 3.05) is 18.4 Å². The van der Waals surface area contributed by atoms with Crippen molar-refractivity contribution in [2.24, 2.45) is 5.92 Å². The summed E-state index contributed by atoms with van der Waals surface area (Å²) in [4.78, 5) is 29.5. The summed E-state index contributed by atoms with van der Waals surface area (Å²) >= 11 is 0. The smallest absolute Gasteiger partial charge is 0.270 e. The Balaban J connectivity index is 1.63. The van der Waals surface area contributed by atoms with Crippen molar-refractivity contribution in [2.45, 2.75) is 26.2 Å². The van der Waals surface area contributed by atoms with Crippen LogP contribution in [0.5, 0.6) is 0 Å². The molecule has 8 heteroatoms. The molecule has 0 spiro atoms. The fourth-order valence-corrected chi connectivity index (χ4v) is 3.07. The average Bonchev–Trinajstić information content (AvgIpc) is 3.28. The number of hydrogen-bond donors (Lipinski definition) is 2. The first-order valence-corrected chi connectivity index (χ1v) is 8.70. The molecule has 2 amide bonds. The van der Waals surface area contributed by atoms with E-state index in [2.05, 4.69) is 10.3 Å². The third-order valence-corrected chi connectivity index (χ3v) is 4.66. The van der Waals surface area contributed by atoms with E-state index in [4.69, 9.17) is 0 Å². The molecule has 144 valence electrons. The van der Waals surface area contributed by atoms with Gasteiger partial charge in [-0.1, -0.05) is 13.8 Å². The third-order valence-electron chi connectivity index (χ3n) is 4.66. The lowest BCUT2D eigenvalue weighted by atomic mass is 10.1. The molecule has 1 aliphatic heterocycles. The van der Waals surface area contributed by atoms with Crippen molar-refractivity contribution in [1.29, 1.82) is 0 Å². The summed E-state index contributed by atoms with van der Waals surface area (Å²) in [6.45, 7) is 4.63. The molecular formula is C19H20F3N3O2. The molecule has 1 saturated heterocycles. The predicted octanol–water partition coefficient (Wildman–Crippen LogP) is 3.66. The van der Waals surface area contributed by atoms with Crippen molar-refractivity contribution in [1.82, 2.24) is 9.88 Å². The number of aromatic amines is 1. The zero-order valence-electron chi connectivity index (χ0n) is 15.0. The number of nitrogens with zero attached hydrogens (tertiary/aromatic N) is 1. The minimum absolute atomic E-state index is 0.160. The number of H-pyrrole nitrogens is 1. The molecule has 1 aliphatic rings. The summed E-state index contributed by atoms with van der Waals surface area (Å²) in [5.74, 6) is -5.24. The van der Waals surface area contributed by atoms with E-state index >= 15 is 0 Å². The molecule has 2 N–H and O–H groups in total. The maximum Gasteiger partial charge on any atom is 0.270 e. The van der Waals surface area contributed by atoms with Crippen LogP contribution in [0.4, 0.5) is 18.9 Å². The van der Waals surface area contributed by atoms with E-state index in [9.17, 15) is 22.8 Å². The van der Waals surface area contributed by atoms with E-state index in [0.717, 1.165) is 17.8 Å². The van der Waals surface area contributed by atoms with Crippen LogP contribution in [0.1, 0.15) is 42.4 Å². The largest absolute Gasteiger partial charge is 0.354 e. The standard InChI is InChI=1S/C19H20F3N3O2/c1-10(2)15-3-4-16(24-15)19(27)25-6-5-11(9-25)18(26)23-12-7-13(20)17(22)14(21)8-12/h3-4,7-8,10-11,24H,5-6,9H2,1-2H3,(H,23,26)/t11-/m0/s1. The maximum atomic E-state index is 13.3. The number of carbonyl (C=O) groups is 2. The van der Waals surface area contributed by atoms with Crippen LogP contribution in [0, 0.1) is 23.4 Å². The van der Waals surface area contributed by atoms with Crippen LogP contribution < -0.4 is 5.32 Å². The molecule has 0 radical (unpaired) electrons. The van der Waals surface area contributed by atoms with Gasteiger partial charge in [0.15, 0.2) is 17.5 Å². The van der Waals surface area contributed by atoms with Gasteiger partial charge < -0.3 is 15.2 Å². The highest BCUT2D eigenvalue weighted by Crippen LogP contribution is 2.23. The van der Waals surface area contributed by atoms with Crippen molar-refractivity contribution in [3.63, 3.8) is 0 Å². The summed E-state index contributed by atoms with van der Waals surface area (Å²) in [5, 5.41) is 2.38. The van der Waals surface area contributed by atoms with Crippen LogP contribution in [-0.4, -0.2) is 34.8 Å². The Morgan fingerprint density at radius 2 is 1.85 bits per heavy atom. The van der Waals surface area contributed by atoms with Crippen LogP contribution in [0.15, 0.2) is 24.3 Å². The van der Waals surface area contributed by atoms with Crippen LogP contribution >= 0.6 is 0 Å². The summed E-state index contributed by atoms with van der Waals surface area (Å²) in [6, 6.07) is 5.02. The highest BCUT2D eigenvalue weighted by molar-refractivity contribution is 5.96. The van der Waals surface area contributed by atoms with Gasteiger partial charge in [-0.15, -0.1) is 0 Å². The lowest BCUT2D eigenvalue weighted by Gasteiger charge is -2.16. The fourth-order valence-electron chi connectivity index (χ4n) is 3.07. The second kappa shape index (κ2) is 7.46. The summed E-state index contributed by atoms with van der Waals surface area (Å²) in [5.41, 5.74) is 1.25. The molecule has 1 aromatic heterocycles. The quantitative estimate of drug-likeness (QED) is 0.797. The van der Waals surface area contributed by atoms with Crippen molar-refractivity contribution in [3.05, 3.63) is 53.1 Å². The van der Waals surface area contributed by atoms with E-state index < -0.39 is 29.3 Å². The number of benzene rings is 1. The lowest BCUT2D eigenvalue weighted by Crippen LogP contribution is -2.31. The molecule has 27 heavy (non-hydrogen) atoms. The van der Waals surface area contributed by atoms with Crippen LogP contribution in [0.3, 0.4) is 0 Å². The molecule has 2 heterocycles. The number of carbonyl (C=O) groups excluding carboxylic acids is 2. The van der Waals surface area contributed by atoms with Gasteiger partial charge in [0, 0.05) is 36.6 Å². The zero-order chi connectivity index (χ0) is 19.7. The van der Waals surface area contributed by atoms with E-state index in [1.807, 2.05) is 19.9 Å². The van der Waals surface area contributed by atoms with Crippen molar-refractivity contribution < 1.29 is 22.8 Å². The number of likely N-dealkylation sites (tertiary alicyclic amines) is 1. The van der Waals surface area contributed by atoms with Gasteiger partial charge in [0.1, 0.15) is 5.69 Å². The molecule has 0 aliphatic carbocycles. The van der Waals surface area contributed by atoms with Gasteiger partial charge in [0.05, 0.1) is 5.92 Å². The second-order valence-corrected chi connectivity index (χ2v) is 6.96. The van der Waals surface area contributed by atoms with Gasteiger partial charge >= 0.3 is 0 Å².